The van der Waals surface area contributed by atoms with Gasteiger partial charge < -0.3 is 4.74 Å². The average molecular weight is 505 g/mol. The van der Waals surface area contributed by atoms with Gasteiger partial charge in [-0.25, -0.2) is 9.97 Å². The Morgan fingerprint density at radius 2 is 1.46 bits per heavy atom. The molecule has 0 aliphatic carbocycles. The minimum absolute atomic E-state index is 0.772. The maximum atomic E-state index is 6.45. The molecule has 0 radical (unpaired) electrons. The fraction of sp³-hybridized carbons (Fsp3) is 0.0588. The first-order chi connectivity index (χ1) is 19.3. The summed E-state index contributed by atoms with van der Waals surface area (Å²) >= 11 is 0. The second kappa shape index (κ2) is 8.71. The Kier molecular flexibility index (Phi) is 4.88. The Hall–Kier alpha value is -5.16. The molecule has 5 heteroatoms. The minimum atomic E-state index is 0.772. The highest BCUT2D eigenvalue weighted by Gasteiger charge is 2.20. The van der Waals surface area contributed by atoms with Crippen molar-refractivity contribution in [1.29, 1.82) is 0 Å². The number of fused-ring (bicyclic) bond motifs is 6. The third-order valence-corrected chi connectivity index (χ3v) is 7.57. The third-order valence-electron chi connectivity index (χ3n) is 7.57. The lowest BCUT2D eigenvalue weighted by Gasteiger charge is -2.21. The van der Waals surface area contributed by atoms with E-state index >= 15 is 0 Å². The van der Waals surface area contributed by atoms with E-state index in [-0.39, 0.29) is 0 Å². The van der Waals surface area contributed by atoms with Crippen molar-refractivity contribution in [1.82, 2.24) is 19.1 Å². The number of aromatic nitrogens is 4. The quantitative estimate of drug-likeness (QED) is 0.245. The molecule has 0 fully saturated rings. The number of benzene rings is 4. The molecule has 5 nitrogen and oxygen atoms in total. The van der Waals surface area contributed by atoms with Gasteiger partial charge in [0.1, 0.15) is 23.1 Å². The molecule has 0 saturated heterocycles. The van der Waals surface area contributed by atoms with Gasteiger partial charge in [0.05, 0.1) is 16.7 Å². The summed E-state index contributed by atoms with van der Waals surface area (Å²) in [5.74, 6) is 3.37. The van der Waals surface area contributed by atoms with Crippen molar-refractivity contribution in [2.24, 2.45) is 0 Å². The van der Waals surface area contributed by atoms with E-state index in [4.69, 9.17) is 9.72 Å². The van der Waals surface area contributed by atoms with Gasteiger partial charge in [-0.15, -0.1) is 0 Å². The van der Waals surface area contributed by atoms with Crippen molar-refractivity contribution in [3.8, 4) is 34.4 Å². The zero-order valence-electron chi connectivity index (χ0n) is 21.2. The molecular weight excluding hydrogens is 480 g/mol. The molecule has 1 aliphatic heterocycles. The summed E-state index contributed by atoms with van der Waals surface area (Å²) in [5.41, 5.74) is 7.01. The van der Waals surface area contributed by atoms with E-state index in [1.807, 2.05) is 48.8 Å². The van der Waals surface area contributed by atoms with Crippen LogP contribution in [0.2, 0.25) is 0 Å². The highest BCUT2D eigenvalue weighted by atomic mass is 16.5. The Labute approximate surface area is 225 Å². The highest BCUT2D eigenvalue weighted by molar-refractivity contribution is 6.09. The SMILES string of the molecule is c1ccc(-n2c3ccccc3c3ccc(Oc4cccc(-c5ncc6n5-c5ccccc5CC6)c4)cc32)nc1. The van der Waals surface area contributed by atoms with Crippen LogP contribution < -0.4 is 4.74 Å². The van der Waals surface area contributed by atoms with Crippen LogP contribution >= 0.6 is 0 Å². The number of nitrogens with zero attached hydrogens (tertiary/aromatic N) is 4. The number of pyridine rings is 1. The summed E-state index contributed by atoms with van der Waals surface area (Å²) in [6, 6.07) is 37.5. The van der Waals surface area contributed by atoms with Crippen LogP contribution in [-0.2, 0) is 12.8 Å². The van der Waals surface area contributed by atoms with Crippen LogP contribution in [0.5, 0.6) is 11.5 Å². The predicted molar refractivity (Wildman–Crippen MR) is 155 cm³/mol. The molecule has 7 aromatic rings. The lowest BCUT2D eigenvalue weighted by atomic mass is 10.0. The Bertz CT molecular complexity index is 2000. The highest BCUT2D eigenvalue weighted by Crippen LogP contribution is 2.36. The van der Waals surface area contributed by atoms with Crippen molar-refractivity contribution >= 4 is 21.8 Å². The van der Waals surface area contributed by atoms with Gasteiger partial charge in [-0.3, -0.25) is 9.13 Å². The van der Waals surface area contributed by atoms with Crippen LogP contribution in [0.1, 0.15) is 11.3 Å². The first kappa shape index (κ1) is 21.9. The van der Waals surface area contributed by atoms with E-state index in [0.717, 1.165) is 52.6 Å². The number of imidazole rings is 1. The van der Waals surface area contributed by atoms with Crippen LogP contribution in [0.25, 0.3) is 44.7 Å². The summed E-state index contributed by atoms with van der Waals surface area (Å²) < 4.78 is 10.9. The predicted octanol–water partition coefficient (Wildman–Crippen LogP) is 7.92. The van der Waals surface area contributed by atoms with Crippen molar-refractivity contribution in [2.75, 3.05) is 0 Å². The maximum absolute atomic E-state index is 6.45. The van der Waals surface area contributed by atoms with Gasteiger partial charge in [0.2, 0.25) is 0 Å². The van der Waals surface area contributed by atoms with Gasteiger partial charge >= 0.3 is 0 Å². The molecule has 4 aromatic carbocycles. The largest absolute Gasteiger partial charge is 0.457 e. The molecule has 0 amide bonds. The lowest BCUT2D eigenvalue weighted by molar-refractivity contribution is 0.483. The van der Waals surface area contributed by atoms with Gasteiger partial charge in [-0.05, 0) is 66.9 Å². The van der Waals surface area contributed by atoms with Crippen molar-refractivity contribution in [3.63, 3.8) is 0 Å². The molecule has 0 saturated carbocycles. The number of hydrogen-bond donors (Lipinski definition) is 0. The second-order valence-corrected chi connectivity index (χ2v) is 9.89. The van der Waals surface area contributed by atoms with E-state index in [1.54, 1.807) is 0 Å². The summed E-state index contributed by atoms with van der Waals surface area (Å²) in [4.78, 5) is 9.46. The van der Waals surface area contributed by atoms with Crippen LogP contribution in [0.15, 0.2) is 122 Å². The molecule has 0 bridgehead atoms. The van der Waals surface area contributed by atoms with Gasteiger partial charge in [0, 0.05) is 40.5 Å². The summed E-state index contributed by atoms with van der Waals surface area (Å²) in [7, 11) is 0. The fourth-order valence-corrected chi connectivity index (χ4v) is 5.82. The summed E-state index contributed by atoms with van der Waals surface area (Å²) in [6.07, 6.45) is 5.87. The third kappa shape index (κ3) is 3.55. The normalized spacial score (nSPS) is 12.4. The van der Waals surface area contributed by atoms with Crippen molar-refractivity contribution in [3.05, 3.63) is 133 Å². The Balaban J connectivity index is 1.20. The van der Waals surface area contributed by atoms with Crippen molar-refractivity contribution < 1.29 is 4.74 Å². The van der Waals surface area contributed by atoms with Crippen molar-refractivity contribution in [2.45, 2.75) is 12.8 Å². The molecule has 4 heterocycles. The summed E-state index contributed by atoms with van der Waals surface area (Å²) in [6.45, 7) is 0. The smallest absolute Gasteiger partial charge is 0.144 e. The van der Waals surface area contributed by atoms with Crippen LogP contribution in [0.3, 0.4) is 0 Å². The molecule has 8 rings (SSSR count). The van der Waals surface area contributed by atoms with Gasteiger partial charge in [0.15, 0.2) is 0 Å². The van der Waals surface area contributed by atoms with Crippen LogP contribution in [0.4, 0.5) is 0 Å². The van der Waals surface area contributed by atoms with Gasteiger partial charge in [-0.1, -0.05) is 54.6 Å². The van der Waals surface area contributed by atoms with Crippen LogP contribution in [0, 0.1) is 0 Å². The van der Waals surface area contributed by atoms with E-state index in [0.29, 0.717) is 0 Å². The fourth-order valence-electron chi connectivity index (χ4n) is 5.82. The van der Waals surface area contributed by atoms with E-state index in [2.05, 4.69) is 86.9 Å². The molecule has 0 atom stereocenters. The number of ether oxygens (including phenoxy) is 1. The number of aryl methyl sites for hydroxylation is 2. The van der Waals surface area contributed by atoms with Gasteiger partial charge in [-0.2, -0.15) is 0 Å². The van der Waals surface area contributed by atoms with E-state index in [9.17, 15) is 0 Å². The Morgan fingerprint density at radius 3 is 2.41 bits per heavy atom. The molecule has 0 spiro atoms. The average Bonchev–Trinajstić information content (AvgIpc) is 3.57. The lowest BCUT2D eigenvalue weighted by Crippen LogP contribution is -2.12. The summed E-state index contributed by atoms with van der Waals surface area (Å²) in [5, 5.41) is 2.36. The molecular formula is C34H24N4O. The second-order valence-electron chi connectivity index (χ2n) is 9.89. The molecule has 1 aliphatic rings. The number of hydrogen-bond acceptors (Lipinski definition) is 3. The molecule has 186 valence electrons. The monoisotopic (exact) mass is 504 g/mol. The van der Waals surface area contributed by atoms with Gasteiger partial charge in [0.25, 0.3) is 0 Å². The standard InChI is InChI=1S/C34H24N4O/c1-3-12-30-23(8-1)15-16-25-22-36-34(37(25)30)24-9-7-10-26(20-24)39-27-17-18-29-28-11-2-4-13-31(28)38(32(29)21-27)33-14-5-6-19-35-33/h1-14,17-22H,15-16H2. The van der Waals surface area contributed by atoms with E-state index in [1.165, 1.54) is 27.7 Å². The Morgan fingerprint density at radius 1 is 0.615 bits per heavy atom. The molecule has 3 aromatic heterocycles. The zero-order chi connectivity index (χ0) is 25.8. The molecule has 0 N–H and O–H groups in total. The first-order valence-corrected chi connectivity index (χ1v) is 13.2. The zero-order valence-corrected chi connectivity index (χ0v) is 21.2. The topological polar surface area (TPSA) is 44.9 Å². The first-order valence-electron chi connectivity index (χ1n) is 13.2. The minimum Gasteiger partial charge on any atom is -0.457 e. The maximum Gasteiger partial charge on any atom is 0.144 e. The van der Waals surface area contributed by atoms with Crippen LogP contribution in [-0.4, -0.2) is 19.1 Å². The molecule has 0 unspecified atom stereocenters. The number of rotatable bonds is 4. The number of para-hydroxylation sites is 2. The van der Waals surface area contributed by atoms with E-state index < -0.39 is 0 Å². The molecule has 39 heavy (non-hydrogen) atoms.